The molecule has 2 aliphatic heterocycles. The first kappa shape index (κ1) is 16.6. The molecule has 0 amide bonds. The summed E-state index contributed by atoms with van der Waals surface area (Å²) in [6, 6.07) is 6.98. The van der Waals surface area contributed by atoms with Gasteiger partial charge in [-0.3, -0.25) is 4.90 Å². The van der Waals surface area contributed by atoms with Crippen LogP contribution in [0.15, 0.2) is 18.2 Å². The minimum absolute atomic E-state index is 0.801. The summed E-state index contributed by atoms with van der Waals surface area (Å²) in [7, 11) is 3.43. The van der Waals surface area contributed by atoms with E-state index < -0.39 is 0 Å². The molecule has 23 heavy (non-hydrogen) atoms. The van der Waals surface area contributed by atoms with E-state index in [1.165, 1.54) is 63.8 Å². The number of rotatable bonds is 5. The average molecular weight is 318 g/mol. The average Bonchev–Trinajstić information content (AvgIpc) is 3.02. The van der Waals surface area contributed by atoms with Gasteiger partial charge >= 0.3 is 0 Å². The zero-order valence-electron chi connectivity index (χ0n) is 14.6. The third-order valence-electron chi connectivity index (χ3n) is 5.33. The lowest BCUT2D eigenvalue weighted by molar-refractivity contribution is 0.212. The van der Waals surface area contributed by atoms with E-state index in [4.69, 9.17) is 9.47 Å². The first-order chi connectivity index (χ1) is 11.3. The van der Waals surface area contributed by atoms with Gasteiger partial charge in [0.15, 0.2) is 11.5 Å². The standard InChI is InChI=1S/C19H30N2O2/c1-22-18-9-5-7-16(19(18)23-2)15-20-11-6-8-17(10-14-20)21-12-3-4-13-21/h5,7,9,17H,3-4,6,8,10-15H2,1-2H3. The molecule has 0 saturated carbocycles. The van der Waals surface area contributed by atoms with Crippen LogP contribution in [0, 0.1) is 0 Å². The highest BCUT2D eigenvalue weighted by Crippen LogP contribution is 2.32. The monoisotopic (exact) mass is 318 g/mol. The molecular formula is C19H30N2O2. The van der Waals surface area contributed by atoms with Crippen LogP contribution in [-0.2, 0) is 6.54 Å². The number of para-hydroxylation sites is 1. The van der Waals surface area contributed by atoms with Crippen molar-refractivity contribution in [2.24, 2.45) is 0 Å². The number of likely N-dealkylation sites (tertiary alicyclic amines) is 2. The molecule has 2 heterocycles. The van der Waals surface area contributed by atoms with Gasteiger partial charge in [0, 0.05) is 18.2 Å². The molecular weight excluding hydrogens is 288 g/mol. The fraction of sp³-hybridized carbons (Fsp3) is 0.684. The van der Waals surface area contributed by atoms with Crippen LogP contribution in [-0.4, -0.2) is 56.2 Å². The minimum Gasteiger partial charge on any atom is -0.493 e. The Hall–Kier alpha value is -1.26. The number of methoxy groups -OCH3 is 2. The largest absolute Gasteiger partial charge is 0.493 e. The van der Waals surface area contributed by atoms with Crippen molar-refractivity contribution in [3.63, 3.8) is 0 Å². The topological polar surface area (TPSA) is 24.9 Å². The summed E-state index contributed by atoms with van der Waals surface area (Å²) in [6.07, 6.45) is 6.73. The summed E-state index contributed by atoms with van der Waals surface area (Å²) in [5.74, 6) is 1.71. The molecule has 0 aliphatic carbocycles. The number of ether oxygens (including phenoxy) is 2. The van der Waals surface area contributed by atoms with E-state index in [-0.39, 0.29) is 0 Å². The van der Waals surface area contributed by atoms with Crippen molar-refractivity contribution in [2.75, 3.05) is 40.4 Å². The minimum atomic E-state index is 0.801. The Bertz CT molecular complexity index is 500. The van der Waals surface area contributed by atoms with Gasteiger partial charge < -0.3 is 14.4 Å². The summed E-state index contributed by atoms with van der Waals surface area (Å²) in [5, 5.41) is 0. The number of nitrogens with zero attached hydrogens (tertiary/aromatic N) is 2. The Labute approximate surface area is 140 Å². The molecule has 128 valence electrons. The second-order valence-corrected chi connectivity index (χ2v) is 6.76. The number of benzene rings is 1. The zero-order chi connectivity index (χ0) is 16.1. The summed E-state index contributed by atoms with van der Waals surface area (Å²) >= 11 is 0. The van der Waals surface area contributed by atoms with E-state index in [0.717, 1.165) is 24.1 Å². The van der Waals surface area contributed by atoms with Crippen molar-refractivity contribution >= 4 is 0 Å². The molecule has 1 unspecified atom stereocenters. The molecule has 0 N–H and O–H groups in total. The van der Waals surface area contributed by atoms with Crippen molar-refractivity contribution < 1.29 is 9.47 Å². The van der Waals surface area contributed by atoms with Crippen LogP contribution in [0.4, 0.5) is 0 Å². The third-order valence-corrected chi connectivity index (χ3v) is 5.33. The molecule has 0 aromatic heterocycles. The number of hydrogen-bond acceptors (Lipinski definition) is 4. The molecule has 4 nitrogen and oxygen atoms in total. The van der Waals surface area contributed by atoms with E-state index in [0.29, 0.717) is 0 Å². The van der Waals surface area contributed by atoms with Gasteiger partial charge in [-0.15, -0.1) is 0 Å². The molecule has 2 aliphatic rings. The van der Waals surface area contributed by atoms with E-state index in [1.54, 1.807) is 14.2 Å². The van der Waals surface area contributed by atoms with Gasteiger partial charge in [-0.1, -0.05) is 12.1 Å². The van der Waals surface area contributed by atoms with Crippen molar-refractivity contribution in [3.8, 4) is 11.5 Å². The highest BCUT2D eigenvalue weighted by molar-refractivity contribution is 5.46. The summed E-state index contributed by atoms with van der Waals surface area (Å²) in [5.41, 5.74) is 1.23. The van der Waals surface area contributed by atoms with Gasteiger partial charge in [0.2, 0.25) is 0 Å². The molecule has 0 spiro atoms. The number of hydrogen-bond donors (Lipinski definition) is 0. The van der Waals surface area contributed by atoms with Crippen LogP contribution in [0.5, 0.6) is 11.5 Å². The Morgan fingerprint density at radius 2 is 1.78 bits per heavy atom. The van der Waals surface area contributed by atoms with Gasteiger partial charge in [-0.25, -0.2) is 0 Å². The molecule has 0 bridgehead atoms. The van der Waals surface area contributed by atoms with Crippen molar-refractivity contribution in [1.29, 1.82) is 0 Å². The van der Waals surface area contributed by atoms with Crippen molar-refractivity contribution in [3.05, 3.63) is 23.8 Å². The Balaban J connectivity index is 1.62. The fourth-order valence-corrected chi connectivity index (χ4v) is 4.09. The van der Waals surface area contributed by atoms with Crippen LogP contribution in [0.2, 0.25) is 0 Å². The molecule has 2 fully saturated rings. The predicted molar refractivity (Wildman–Crippen MR) is 93.3 cm³/mol. The van der Waals surface area contributed by atoms with Crippen LogP contribution >= 0.6 is 0 Å². The lowest BCUT2D eigenvalue weighted by Crippen LogP contribution is -2.33. The first-order valence-corrected chi connectivity index (χ1v) is 8.98. The second-order valence-electron chi connectivity index (χ2n) is 6.76. The van der Waals surface area contributed by atoms with Gasteiger partial charge in [-0.05, 0) is 64.3 Å². The summed E-state index contributed by atoms with van der Waals surface area (Å²) in [4.78, 5) is 5.29. The highest BCUT2D eigenvalue weighted by atomic mass is 16.5. The lowest BCUT2D eigenvalue weighted by Gasteiger charge is -2.26. The molecule has 0 radical (unpaired) electrons. The Kier molecular flexibility index (Phi) is 5.79. The quantitative estimate of drug-likeness (QED) is 0.832. The highest BCUT2D eigenvalue weighted by Gasteiger charge is 2.25. The van der Waals surface area contributed by atoms with Crippen LogP contribution in [0.25, 0.3) is 0 Å². The van der Waals surface area contributed by atoms with E-state index in [1.807, 2.05) is 6.07 Å². The lowest BCUT2D eigenvalue weighted by atomic mass is 10.1. The van der Waals surface area contributed by atoms with Gasteiger partial charge in [0.25, 0.3) is 0 Å². The Morgan fingerprint density at radius 3 is 2.52 bits per heavy atom. The first-order valence-electron chi connectivity index (χ1n) is 8.98. The third kappa shape index (κ3) is 3.99. The Morgan fingerprint density at radius 1 is 0.957 bits per heavy atom. The van der Waals surface area contributed by atoms with E-state index >= 15 is 0 Å². The van der Waals surface area contributed by atoms with Gasteiger partial charge in [0.1, 0.15) is 0 Å². The van der Waals surface area contributed by atoms with Gasteiger partial charge in [-0.2, -0.15) is 0 Å². The predicted octanol–water partition coefficient (Wildman–Crippen LogP) is 3.15. The molecule has 4 heteroatoms. The van der Waals surface area contributed by atoms with Crippen LogP contribution in [0.1, 0.15) is 37.7 Å². The SMILES string of the molecule is COc1cccc(CN2CCCC(N3CCCC3)CC2)c1OC. The van der Waals surface area contributed by atoms with E-state index in [2.05, 4.69) is 21.9 Å². The summed E-state index contributed by atoms with van der Waals surface area (Å²) in [6.45, 7) is 5.95. The maximum Gasteiger partial charge on any atom is 0.165 e. The molecule has 2 saturated heterocycles. The maximum absolute atomic E-state index is 5.58. The zero-order valence-corrected chi connectivity index (χ0v) is 14.6. The molecule has 1 atom stereocenters. The fourth-order valence-electron chi connectivity index (χ4n) is 4.09. The maximum atomic E-state index is 5.58. The smallest absolute Gasteiger partial charge is 0.165 e. The second kappa shape index (κ2) is 8.02. The van der Waals surface area contributed by atoms with Crippen molar-refractivity contribution in [1.82, 2.24) is 9.80 Å². The van der Waals surface area contributed by atoms with Crippen molar-refractivity contribution in [2.45, 2.75) is 44.7 Å². The molecule has 1 aromatic rings. The normalized spacial score (nSPS) is 23.7. The van der Waals surface area contributed by atoms with Crippen LogP contribution in [0.3, 0.4) is 0 Å². The summed E-state index contributed by atoms with van der Waals surface area (Å²) < 4.78 is 11.0. The molecule has 3 rings (SSSR count). The molecule has 1 aromatic carbocycles. The van der Waals surface area contributed by atoms with E-state index in [9.17, 15) is 0 Å². The van der Waals surface area contributed by atoms with Crippen LogP contribution < -0.4 is 9.47 Å². The van der Waals surface area contributed by atoms with Gasteiger partial charge in [0.05, 0.1) is 14.2 Å².